The van der Waals surface area contributed by atoms with Crippen LogP contribution >= 0.6 is 0 Å². The third kappa shape index (κ3) is 4.08. The molecule has 1 rings (SSSR count). The molecule has 3 nitrogen and oxygen atoms in total. The molecule has 0 aliphatic carbocycles. The van der Waals surface area contributed by atoms with E-state index >= 15 is 0 Å². The Bertz CT molecular complexity index is 201. The maximum Gasteiger partial charge on any atom is 0.244 e. The molecule has 0 aromatic heterocycles. The molecule has 0 bridgehead atoms. The van der Waals surface area contributed by atoms with Crippen LogP contribution in [-0.4, -0.2) is 25.2 Å². The van der Waals surface area contributed by atoms with Gasteiger partial charge in [0.05, 0.1) is 0 Å². The number of carbonyl (C=O) groups excluding carboxylic acids is 1. The molecule has 1 fully saturated rings. The van der Waals surface area contributed by atoms with Gasteiger partial charge < -0.3 is 10.1 Å². The number of amides is 1. The van der Waals surface area contributed by atoms with Crippen molar-refractivity contribution < 1.29 is 9.53 Å². The summed E-state index contributed by atoms with van der Waals surface area (Å²) < 4.78 is 5.20. The van der Waals surface area contributed by atoms with Gasteiger partial charge in [0.15, 0.2) is 0 Å². The molecule has 1 aliphatic rings. The highest BCUT2D eigenvalue weighted by atomic mass is 16.5. The molecule has 1 N–H and O–H groups in total. The molecule has 0 saturated carbocycles. The Balaban J connectivity index is 2.30. The van der Waals surface area contributed by atoms with Crippen LogP contribution in [0.2, 0.25) is 0 Å². The fraction of sp³-hybridized carbons (Fsp3) is 0.700. The normalized spacial score (nSPS) is 18.0. The molecule has 1 amide bonds. The van der Waals surface area contributed by atoms with Gasteiger partial charge in [0.2, 0.25) is 5.91 Å². The fourth-order valence-electron chi connectivity index (χ4n) is 1.35. The van der Waals surface area contributed by atoms with Gasteiger partial charge in [-0.3, -0.25) is 4.79 Å². The lowest BCUT2D eigenvalue weighted by atomic mass is 10.1. The molecule has 13 heavy (non-hydrogen) atoms. The van der Waals surface area contributed by atoms with E-state index in [2.05, 4.69) is 5.32 Å². The van der Waals surface area contributed by atoms with Gasteiger partial charge in [-0.05, 0) is 26.7 Å². The topological polar surface area (TPSA) is 38.3 Å². The van der Waals surface area contributed by atoms with Gasteiger partial charge in [0.1, 0.15) is 0 Å². The Labute approximate surface area is 79.2 Å². The van der Waals surface area contributed by atoms with Crippen LogP contribution in [0.4, 0.5) is 0 Å². The van der Waals surface area contributed by atoms with Crippen LogP contribution < -0.4 is 5.32 Å². The Morgan fingerprint density at radius 1 is 1.38 bits per heavy atom. The number of hydrogen-bond acceptors (Lipinski definition) is 2. The summed E-state index contributed by atoms with van der Waals surface area (Å²) in [5, 5.41) is 2.95. The van der Waals surface area contributed by atoms with Crippen molar-refractivity contribution in [1.29, 1.82) is 0 Å². The zero-order chi connectivity index (χ0) is 9.68. The van der Waals surface area contributed by atoms with Crippen molar-refractivity contribution in [1.82, 2.24) is 5.32 Å². The summed E-state index contributed by atoms with van der Waals surface area (Å²) in [7, 11) is 0. The predicted octanol–water partition coefficient (Wildman–Crippen LogP) is 1.25. The number of hydrogen-bond donors (Lipinski definition) is 1. The summed E-state index contributed by atoms with van der Waals surface area (Å²) in [6, 6.07) is 0.303. The molecule has 1 saturated heterocycles. The van der Waals surface area contributed by atoms with Gasteiger partial charge in [-0.25, -0.2) is 0 Å². The van der Waals surface area contributed by atoms with E-state index in [1.807, 2.05) is 13.8 Å². The van der Waals surface area contributed by atoms with Gasteiger partial charge in [-0.15, -0.1) is 0 Å². The molecule has 0 unspecified atom stereocenters. The lowest BCUT2D eigenvalue weighted by Crippen LogP contribution is -2.38. The van der Waals surface area contributed by atoms with Crippen LogP contribution in [0.25, 0.3) is 0 Å². The van der Waals surface area contributed by atoms with Crippen molar-refractivity contribution in [3.8, 4) is 0 Å². The van der Waals surface area contributed by atoms with Crippen LogP contribution in [-0.2, 0) is 9.53 Å². The highest BCUT2D eigenvalue weighted by Gasteiger charge is 2.14. The van der Waals surface area contributed by atoms with E-state index < -0.39 is 0 Å². The maximum atomic E-state index is 11.3. The summed E-state index contributed by atoms with van der Waals surface area (Å²) in [4.78, 5) is 11.3. The highest BCUT2D eigenvalue weighted by Crippen LogP contribution is 2.06. The van der Waals surface area contributed by atoms with E-state index in [1.54, 1.807) is 6.08 Å². The molecule has 3 heteroatoms. The van der Waals surface area contributed by atoms with Gasteiger partial charge in [0.25, 0.3) is 0 Å². The van der Waals surface area contributed by atoms with E-state index in [4.69, 9.17) is 4.74 Å². The van der Waals surface area contributed by atoms with Crippen molar-refractivity contribution in [2.24, 2.45) is 0 Å². The van der Waals surface area contributed by atoms with Gasteiger partial charge >= 0.3 is 0 Å². The van der Waals surface area contributed by atoms with Crippen molar-refractivity contribution in [3.63, 3.8) is 0 Å². The zero-order valence-electron chi connectivity index (χ0n) is 8.30. The number of nitrogens with one attached hydrogen (secondary N) is 1. The van der Waals surface area contributed by atoms with Crippen LogP contribution in [0.1, 0.15) is 26.7 Å². The second kappa shape index (κ2) is 5.02. The van der Waals surface area contributed by atoms with Crippen LogP contribution in [0.5, 0.6) is 0 Å². The minimum atomic E-state index is 0.0203. The van der Waals surface area contributed by atoms with Crippen molar-refractivity contribution >= 4 is 5.91 Å². The summed E-state index contributed by atoms with van der Waals surface area (Å²) in [6.45, 7) is 5.37. The first-order chi connectivity index (χ1) is 6.18. The molecule has 0 aromatic carbocycles. The molecule has 0 spiro atoms. The molecular formula is C10H17NO2. The highest BCUT2D eigenvalue weighted by molar-refractivity contribution is 5.88. The Morgan fingerprint density at radius 3 is 2.54 bits per heavy atom. The van der Waals surface area contributed by atoms with Crippen LogP contribution in [0, 0.1) is 0 Å². The third-order valence-corrected chi connectivity index (χ3v) is 1.99. The standard InChI is InChI=1S/C10H17NO2/c1-8(2)7-10(12)11-9-3-5-13-6-4-9/h7,9H,3-6H2,1-2H3,(H,11,12). The first-order valence-corrected chi connectivity index (χ1v) is 4.71. The summed E-state index contributed by atoms with van der Waals surface area (Å²) in [5.74, 6) is 0.0203. The minimum absolute atomic E-state index is 0.0203. The van der Waals surface area contributed by atoms with Gasteiger partial charge in [0, 0.05) is 25.3 Å². The molecule has 1 aliphatic heterocycles. The average molecular weight is 183 g/mol. The van der Waals surface area contributed by atoms with Gasteiger partial charge in [-0.2, -0.15) is 0 Å². The number of ether oxygens (including phenoxy) is 1. The van der Waals surface area contributed by atoms with E-state index in [0.29, 0.717) is 6.04 Å². The van der Waals surface area contributed by atoms with E-state index in [9.17, 15) is 4.79 Å². The van der Waals surface area contributed by atoms with Crippen molar-refractivity contribution in [3.05, 3.63) is 11.6 Å². The third-order valence-electron chi connectivity index (χ3n) is 1.99. The summed E-state index contributed by atoms with van der Waals surface area (Å²) >= 11 is 0. The van der Waals surface area contributed by atoms with Gasteiger partial charge in [-0.1, -0.05) is 5.57 Å². The summed E-state index contributed by atoms with van der Waals surface area (Å²) in [5.41, 5.74) is 1.03. The predicted molar refractivity (Wildman–Crippen MR) is 51.4 cm³/mol. The summed E-state index contributed by atoms with van der Waals surface area (Å²) in [6.07, 6.45) is 3.50. The van der Waals surface area contributed by atoms with E-state index in [1.165, 1.54) is 0 Å². The Hall–Kier alpha value is -0.830. The second-order valence-electron chi connectivity index (χ2n) is 3.62. The molecule has 1 heterocycles. The number of allylic oxidation sites excluding steroid dienone is 1. The molecule has 0 atom stereocenters. The number of carbonyl (C=O) groups is 1. The second-order valence-corrected chi connectivity index (χ2v) is 3.62. The van der Waals surface area contributed by atoms with Crippen LogP contribution in [0.3, 0.4) is 0 Å². The Morgan fingerprint density at radius 2 is 2.00 bits per heavy atom. The van der Waals surface area contributed by atoms with E-state index in [0.717, 1.165) is 31.6 Å². The smallest absolute Gasteiger partial charge is 0.244 e. The lowest BCUT2D eigenvalue weighted by Gasteiger charge is -2.22. The maximum absolute atomic E-state index is 11.3. The first kappa shape index (κ1) is 10.3. The SMILES string of the molecule is CC(C)=CC(=O)NC1CCOCC1. The van der Waals surface area contributed by atoms with Crippen molar-refractivity contribution in [2.75, 3.05) is 13.2 Å². The molecule has 0 aromatic rings. The van der Waals surface area contributed by atoms with E-state index in [-0.39, 0.29) is 5.91 Å². The van der Waals surface area contributed by atoms with Crippen LogP contribution in [0.15, 0.2) is 11.6 Å². The minimum Gasteiger partial charge on any atom is -0.381 e. The molecule has 0 radical (unpaired) electrons. The quantitative estimate of drug-likeness (QED) is 0.654. The zero-order valence-corrected chi connectivity index (χ0v) is 8.30. The number of rotatable bonds is 2. The fourth-order valence-corrected chi connectivity index (χ4v) is 1.35. The average Bonchev–Trinajstić information content (AvgIpc) is 2.04. The lowest BCUT2D eigenvalue weighted by molar-refractivity contribution is -0.117. The molecule has 74 valence electrons. The Kier molecular flexibility index (Phi) is 3.96. The van der Waals surface area contributed by atoms with Crippen molar-refractivity contribution in [2.45, 2.75) is 32.7 Å². The monoisotopic (exact) mass is 183 g/mol. The first-order valence-electron chi connectivity index (χ1n) is 4.71. The largest absolute Gasteiger partial charge is 0.381 e. The molecular weight excluding hydrogens is 166 g/mol.